The van der Waals surface area contributed by atoms with Crippen LogP contribution < -0.4 is 0 Å². The summed E-state index contributed by atoms with van der Waals surface area (Å²) in [5.74, 6) is 0.0986. The van der Waals surface area contributed by atoms with Crippen LogP contribution in [-0.4, -0.2) is 30.0 Å². The topological polar surface area (TPSA) is 72.6 Å². The van der Waals surface area contributed by atoms with Crippen molar-refractivity contribution >= 4 is 11.5 Å². The van der Waals surface area contributed by atoms with E-state index in [1.807, 2.05) is 24.3 Å². The molecule has 5 heteroatoms. The molecule has 0 atom stereocenters. The van der Waals surface area contributed by atoms with E-state index < -0.39 is 4.92 Å². The highest BCUT2D eigenvalue weighted by atomic mass is 16.6. The number of hydrogen-bond acceptors (Lipinski definition) is 4. The Morgan fingerprint density at radius 3 is 2.18 bits per heavy atom. The first-order valence-corrected chi connectivity index (χ1v) is 6.81. The minimum absolute atomic E-state index is 0.0986. The van der Waals surface area contributed by atoms with Crippen LogP contribution in [0.2, 0.25) is 0 Å². The average Bonchev–Trinajstić information content (AvgIpc) is 2.49. The van der Waals surface area contributed by atoms with Crippen LogP contribution in [0.25, 0.3) is 0 Å². The van der Waals surface area contributed by atoms with Gasteiger partial charge < -0.3 is 0 Å². The number of Topliss-reactive ketones (excluding diaryl/α,β-unsaturated/α-hetero) is 1. The van der Waals surface area contributed by atoms with Crippen molar-refractivity contribution in [3.63, 3.8) is 0 Å². The van der Waals surface area contributed by atoms with Crippen molar-refractivity contribution in [2.24, 2.45) is 4.99 Å². The van der Waals surface area contributed by atoms with Gasteiger partial charge in [0.1, 0.15) is 6.54 Å². The number of fused-ring (bicyclic) bond motifs is 1. The van der Waals surface area contributed by atoms with Crippen LogP contribution in [0.3, 0.4) is 0 Å². The van der Waals surface area contributed by atoms with Gasteiger partial charge in [-0.15, -0.1) is 0 Å². The van der Waals surface area contributed by atoms with Crippen LogP contribution in [0, 0.1) is 17.0 Å². The van der Waals surface area contributed by atoms with Crippen molar-refractivity contribution in [1.29, 1.82) is 0 Å². The van der Waals surface area contributed by atoms with Gasteiger partial charge in [0, 0.05) is 21.6 Å². The third-order valence-electron chi connectivity index (χ3n) is 3.19. The lowest BCUT2D eigenvalue weighted by atomic mass is 9.92. The lowest BCUT2D eigenvalue weighted by Gasteiger charge is -2.16. The number of carbonyl (C=O) groups excluding carboxylic acids is 1. The van der Waals surface area contributed by atoms with E-state index in [9.17, 15) is 4.79 Å². The Balaban J connectivity index is 0.000000396. The largest absolute Gasteiger partial charge is 0.292 e. The minimum atomic E-state index is -0.500. The van der Waals surface area contributed by atoms with Crippen LogP contribution in [0.5, 0.6) is 0 Å². The van der Waals surface area contributed by atoms with Gasteiger partial charge in [0.25, 0.3) is 0 Å². The monoisotopic (exact) mass is 296 g/mol. The van der Waals surface area contributed by atoms with Crippen molar-refractivity contribution in [3.8, 4) is 0 Å². The molecule has 0 saturated heterocycles. The van der Waals surface area contributed by atoms with Gasteiger partial charge in [-0.1, -0.05) is 54.1 Å². The Bertz CT molecular complexity index is 730. The van der Waals surface area contributed by atoms with Crippen molar-refractivity contribution in [1.82, 2.24) is 0 Å². The molecule has 0 N–H and O–H groups in total. The fourth-order valence-corrected chi connectivity index (χ4v) is 2.21. The normalized spacial score (nSPS) is 12.6. The fraction of sp³-hybridized carbons (Fsp3) is 0.176. The zero-order valence-corrected chi connectivity index (χ0v) is 12.4. The van der Waals surface area contributed by atoms with Crippen molar-refractivity contribution in [2.45, 2.75) is 6.92 Å². The summed E-state index contributed by atoms with van der Waals surface area (Å²) in [6, 6.07) is 15.9. The van der Waals surface area contributed by atoms with Gasteiger partial charge in [-0.2, -0.15) is 0 Å². The summed E-state index contributed by atoms with van der Waals surface area (Å²) in [6.45, 7) is 2.31. The maximum atomic E-state index is 11.8. The van der Waals surface area contributed by atoms with Gasteiger partial charge >= 0.3 is 0 Å². The zero-order valence-electron chi connectivity index (χ0n) is 12.4. The molecule has 3 rings (SSSR count). The van der Waals surface area contributed by atoms with E-state index in [1.165, 1.54) is 5.56 Å². The number of nitrogens with zero attached hydrogens (tertiary/aromatic N) is 2. The Hall–Kier alpha value is -2.82. The lowest BCUT2D eigenvalue weighted by molar-refractivity contribution is -0.445. The quantitative estimate of drug-likeness (QED) is 0.600. The molecule has 1 heterocycles. The van der Waals surface area contributed by atoms with Crippen LogP contribution in [0.15, 0.2) is 53.5 Å². The number of ketones is 1. The molecule has 0 amide bonds. The van der Waals surface area contributed by atoms with Crippen LogP contribution in [0.4, 0.5) is 0 Å². The van der Waals surface area contributed by atoms with E-state index in [4.69, 9.17) is 10.1 Å². The van der Waals surface area contributed by atoms with Gasteiger partial charge in [0.15, 0.2) is 12.8 Å². The van der Waals surface area contributed by atoms with Crippen molar-refractivity contribution in [3.05, 3.63) is 80.9 Å². The van der Waals surface area contributed by atoms with Gasteiger partial charge in [-0.25, -0.2) is 0 Å². The molecule has 5 nitrogen and oxygen atoms in total. The molecule has 0 aliphatic carbocycles. The van der Waals surface area contributed by atoms with E-state index in [0.717, 1.165) is 29.4 Å². The molecule has 0 fully saturated rings. The highest BCUT2D eigenvalue weighted by Gasteiger charge is 2.20. The third kappa shape index (κ3) is 3.63. The predicted octanol–water partition coefficient (Wildman–Crippen LogP) is 2.92. The Morgan fingerprint density at radius 2 is 1.59 bits per heavy atom. The SMILES string of the molecule is C[N+](=O)[O-].Cc1ccc(C2=NCC(=O)c3ccccc32)cc1. The van der Waals surface area contributed by atoms with Crippen LogP contribution in [-0.2, 0) is 0 Å². The molecule has 1 aliphatic heterocycles. The smallest absolute Gasteiger partial charge is 0.194 e. The summed E-state index contributed by atoms with van der Waals surface area (Å²) >= 11 is 0. The lowest BCUT2D eigenvalue weighted by Crippen LogP contribution is -2.19. The average molecular weight is 296 g/mol. The molecule has 0 radical (unpaired) electrons. The summed E-state index contributed by atoms with van der Waals surface area (Å²) < 4.78 is 0. The summed E-state index contributed by atoms with van der Waals surface area (Å²) in [7, 11) is 0.889. The van der Waals surface area contributed by atoms with Crippen LogP contribution >= 0.6 is 0 Å². The number of hydrogen-bond donors (Lipinski definition) is 0. The first-order valence-electron chi connectivity index (χ1n) is 6.81. The summed E-state index contributed by atoms with van der Waals surface area (Å²) in [5, 5.41) is 8.81. The molecule has 22 heavy (non-hydrogen) atoms. The molecule has 1 aliphatic rings. The van der Waals surface area contributed by atoms with E-state index in [1.54, 1.807) is 0 Å². The Morgan fingerprint density at radius 1 is 1.05 bits per heavy atom. The Labute approximate surface area is 128 Å². The van der Waals surface area contributed by atoms with Gasteiger partial charge in [-0.05, 0) is 6.92 Å². The van der Waals surface area contributed by atoms with Gasteiger partial charge in [0.05, 0.1) is 5.71 Å². The van der Waals surface area contributed by atoms with E-state index in [2.05, 4.69) is 36.2 Å². The van der Waals surface area contributed by atoms with Crippen LogP contribution in [0.1, 0.15) is 27.0 Å². The number of aliphatic imine (C=N–C) groups is 1. The van der Waals surface area contributed by atoms with Gasteiger partial charge in [0.2, 0.25) is 0 Å². The van der Waals surface area contributed by atoms with Crippen molar-refractivity contribution < 1.29 is 9.72 Å². The molecule has 0 unspecified atom stereocenters. The number of benzene rings is 2. The summed E-state index contributed by atoms with van der Waals surface area (Å²) in [4.78, 5) is 24.5. The van der Waals surface area contributed by atoms with Gasteiger partial charge in [-0.3, -0.25) is 19.9 Å². The third-order valence-corrected chi connectivity index (χ3v) is 3.19. The maximum absolute atomic E-state index is 11.8. The number of rotatable bonds is 1. The molecular weight excluding hydrogens is 280 g/mol. The molecule has 112 valence electrons. The second-order valence-electron chi connectivity index (χ2n) is 4.94. The predicted molar refractivity (Wildman–Crippen MR) is 85.4 cm³/mol. The first-order chi connectivity index (χ1) is 10.5. The number of nitro groups is 1. The van der Waals surface area contributed by atoms with E-state index in [0.29, 0.717) is 0 Å². The second kappa shape index (κ2) is 6.76. The molecule has 0 saturated carbocycles. The zero-order chi connectivity index (χ0) is 16.1. The fourth-order valence-electron chi connectivity index (χ4n) is 2.21. The minimum Gasteiger partial charge on any atom is -0.292 e. The van der Waals surface area contributed by atoms with E-state index in [-0.39, 0.29) is 12.3 Å². The maximum Gasteiger partial charge on any atom is 0.194 e. The van der Waals surface area contributed by atoms with Crippen molar-refractivity contribution in [2.75, 3.05) is 13.6 Å². The Kier molecular flexibility index (Phi) is 4.78. The molecule has 0 aromatic heterocycles. The molecule has 0 spiro atoms. The number of aryl methyl sites for hydroxylation is 1. The molecule has 2 aromatic carbocycles. The highest BCUT2D eigenvalue weighted by molar-refractivity contribution is 6.21. The standard InChI is InChI=1S/C16H13NO.CH3NO2/c1-11-6-8-12(9-7-11)16-14-5-3-2-4-13(14)15(18)10-17-16;1-2(3)4/h2-9H,10H2,1H3;1H3. The molecule has 0 bridgehead atoms. The molecule has 2 aromatic rings. The second-order valence-corrected chi connectivity index (χ2v) is 4.94. The summed E-state index contributed by atoms with van der Waals surface area (Å²) in [5.41, 5.74) is 4.94. The van der Waals surface area contributed by atoms with E-state index >= 15 is 0 Å². The summed E-state index contributed by atoms with van der Waals surface area (Å²) in [6.07, 6.45) is 0. The molecular formula is C17H16N2O3. The first kappa shape index (κ1) is 15.6. The number of carbonyl (C=O) groups is 1. The highest BCUT2D eigenvalue weighted by Crippen LogP contribution is 2.20.